The van der Waals surface area contributed by atoms with Crippen molar-refractivity contribution in [1.82, 2.24) is 10.2 Å². The molecule has 1 radical (unpaired) electrons. The van der Waals surface area contributed by atoms with Crippen LogP contribution in [0.25, 0.3) is 5.70 Å². The highest BCUT2D eigenvalue weighted by atomic mass is 35.5. The number of amides is 1. The van der Waals surface area contributed by atoms with Gasteiger partial charge >= 0.3 is 0 Å². The van der Waals surface area contributed by atoms with Crippen LogP contribution in [0.1, 0.15) is 62.0 Å². The summed E-state index contributed by atoms with van der Waals surface area (Å²) >= 11 is 6.23. The van der Waals surface area contributed by atoms with Gasteiger partial charge in [0.15, 0.2) is 6.20 Å². The summed E-state index contributed by atoms with van der Waals surface area (Å²) in [4.78, 5) is 19.3. The highest BCUT2D eigenvalue weighted by Crippen LogP contribution is 2.31. The fourth-order valence-electron chi connectivity index (χ4n) is 4.29. The molecule has 0 spiro atoms. The first-order chi connectivity index (χ1) is 17.1. The van der Waals surface area contributed by atoms with Gasteiger partial charge in [0.05, 0.1) is 30.3 Å². The van der Waals surface area contributed by atoms with Gasteiger partial charge in [0, 0.05) is 31.5 Å². The van der Waals surface area contributed by atoms with Gasteiger partial charge in [-0.2, -0.15) is 4.99 Å². The van der Waals surface area contributed by atoms with Crippen LogP contribution >= 0.6 is 11.6 Å². The Hall–Kier alpha value is -2.71. The number of aliphatic hydroxyl groups is 1. The summed E-state index contributed by atoms with van der Waals surface area (Å²) in [5.41, 5.74) is 3.04. The number of fused-ring (bicyclic) bond motifs is 1. The van der Waals surface area contributed by atoms with Gasteiger partial charge in [0.2, 0.25) is 0 Å². The summed E-state index contributed by atoms with van der Waals surface area (Å²) < 4.78 is 11.5. The molecular formula is C28H34ClN3O4+. The third kappa shape index (κ3) is 6.34. The molecule has 7 nitrogen and oxygen atoms in total. The van der Waals surface area contributed by atoms with E-state index in [9.17, 15) is 9.90 Å². The number of hydrogen-bond acceptors (Lipinski definition) is 6. The zero-order valence-electron chi connectivity index (χ0n) is 21.3. The lowest BCUT2D eigenvalue weighted by atomic mass is 10.0. The molecule has 191 valence electrons. The summed E-state index contributed by atoms with van der Waals surface area (Å²) in [6, 6.07) is 13.1. The molecular weight excluding hydrogens is 478 g/mol. The van der Waals surface area contributed by atoms with Gasteiger partial charge in [0.1, 0.15) is 11.4 Å². The maximum atomic E-state index is 12.4. The number of nitrogens with zero attached hydrogens (tertiary/aromatic N) is 2. The lowest BCUT2D eigenvalue weighted by molar-refractivity contribution is -0.0639. The molecule has 2 aliphatic rings. The van der Waals surface area contributed by atoms with Crippen LogP contribution < -0.4 is 15.0 Å². The van der Waals surface area contributed by atoms with Crippen molar-refractivity contribution in [2.24, 2.45) is 4.99 Å². The molecule has 1 atom stereocenters. The number of hydrogen-bond donors (Lipinski definition) is 2. The molecule has 2 N–H and O–H groups in total. The van der Waals surface area contributed by atoms with Gasteiger partial charge in [-0.25, -0.2) is 0 Å². The molecule has 1 saturated heterocycles. The van der Waals surface area contributed by atoms with E-state index in [1.807, 2.05) is 58.2 Å². The van der Waals surface area contributed by atoms with Crippen molar-refractivity contribution in [2.45, 2.75) is 64.9 Å². The average molecular weight is 512 g/mol. The molecule has 2 aromatic rings. The Bertz CT molecular complexity index is 1160. The molecule has 2 aliphatic heterocycles. The topological polar surface area (TPSA) is 86.1 Å². The average Bonchev–Trinajstić information content (AvgIpc) is 3.26. The monoisotopic (exact) mass is 511 g/mol. The number of ether oxygens (including phenoxy) is 2. The number of benzene rings is 2. The predicted molar refractivity (Wildman–Crippen MR) is 143 cm³/mol. The highest BCUT2D eigenvalue weighted by molar-refractivity contribution is 6.32. The van der Waals surface area contributed by atoms with E-state index >= 15 is 0 Å². The van der Waals surface area contributed by atoms with Gasteiger partial charge in [-0.1, -0.05) is 40.8 Å². The van der Waals surface area contributed by atoms with Gasteiger partial charge in [-0.05, 0) is 50.5 Å². The van der Waals surface area contributed by atoms with Crippen LogP contribution in [0.5, 0.6) is 5.75 Å². The van der Waals surface area contributed by atoms with Crippen LogP contribution in [0.15, 0.2) is 53.7 Å². The van der Waals surface area contributed by atoms with E-state index in [1.165, 1.54) is 0 Å². The Labute approximate surface area is 217 Å². The number of aliphatic imine (C=N–C) groups is 1. The maximum absolute atomic E-state index is 12.4. The molecule has 2 heterocycles. The number of aliphatic hydroxyl groups excluding tert-OH is 1. The van der Waals surface area contributed by atoms with Crippen LogP contribution in [0.3, 0.4) is 0 Å². The second-order valence-electron chi connectivity index (χ2n) is 9.87. The van der Waals surface area contributed by atoms with Crippen molar-refractivity contribution >= 4 is 29.0 Å². The molecule has 0 saturated carbocycles. The Kier molecular flexibility index (Phi) is 8.15. The molecule has 1 amide bonds. The molecule has 0 bridgehead atoms. The smallest absolute Gasteiger partial charge is 0.262 e. The maximum Gasteiger partial charge on any atom is 0.262 e. The summed E-state index contributed by atoms with van der Waals surface area (Å²) in [7, 11) is 0. The van der Waals surface area contributed by atoms with Crippen LogP contribution in [-0.4, -0.2) is 47.9 Å². The third-order valence-corrected chi connectivity index (χ3v) is 6.48. The van der Waals surface area contributed by atoms with Crippen molar-refractivity contribution in [3.63, 3.8) is 0 Å². The zero-order valence-corrected chi connectivity index (χ0v) is 22.0. The minimum atomic E-state index is -0.570. The number of nitrogens with one attached hydrogen (secondary N) is 1. The van der Waals surface area contributed by atoms with Gasteiger partial charge < -0.3 is 19.9 Å². The van der Waals surface area contributed by atoms with Gasteiger partial charge in [-0.15, -0.1) is 0 Å². The van der Waals surface area contributed by atoms with E-state index in [0.29, 0.717) is 42.3 Å². The SMILES string of the molecule is CC(C)Oc1ccc(C(=O)NCCC(O)Cc2ccc(C3=C[N+]4C(=N3)CCOC4(C)C)cc2)cc1Cl. The van der Waals surface area contributed by atoms with Crippen LogP contribution in [-0.2, 0) is 11.2 Å². The molecule has 1 fully saturated rings. The van der Waals surface area contributed by atoms with Gasteiger partial charge in [0.25, 0.3) is 17.5 Å². The van der Waals surface area contributed by atoms with Crippen molar-refractivity contribution in [1.29, 1.82) is 0 Å². The largest absolute Gasteiger partial charge is 0.489 e. The molecule has 1 unspecified atom stereocenters. The standard InChI is InChI=1S/C28H34ClN3O4/c1-18(2)36-25-10-9-21(16-23(25)29)27(34)30-13-11-22(33)15-19-5-7-20(8-6-19)24-17-32-26(31-24)12-14-35-28(32,3)4/h5-10,16-18,22,33H,11-15H2,1-4H3,(H,30,34)/q+1. The Morgan fingerprint density at radius 3 is 2.67 bits per heavy atom. The predicted octanol–water partition coefficient (Wildman–Crippen LogP) is 4.86. The number of carbonyl (C=O) groups is 1. The number of carbonyl (C=O) groups excluding carboxylic acids is 1. The molecule has 4 rings (SSSR count). The van der Waals surface area contributed by atoms with E-state index < -0.39 is 11.8 Å². The first-order valence-electron chi connectivity index (χ1n) is 12.4. The quantitative estimate of drug-likeness (QED) is 0.471. The first-order valence-corrected chi connectivity index (χ1v) is 12.7. The van der Waals surface area contributed by atoms with E-state index in [2.05, 4.69) is 10.2 Å². The minimum absolute atomic E-state index is 0.00142. The van der Waals surface area contributed by atoms with Crippen LogP contribution in [0.2, 0.25) is 5.02 Å². The summed E-state index contributed by atoms with van der Waals surface area (Å²) in [5, 5.41) is 13.7. The molecule has 0 aromatic heterocycles. The summed E-state index contributed by atoms with van der Waals surface area (Å²) in [6.07, 6.45) is 3.22. The number of halogens is 1. The molecule has 8 heteroatoms. The first kappa shape index (κ1) is 26.4. The minimum Gasteiger partial charge on any atom is -0.489 e. The third-order valence-electron chi connectivity index (χ3n) is 6.18. The highest BCUT2D eigenvalue weighted by Gasteiger charge is 2.47. The fourth-order valence-corrected chi connectivity index (χ4v) is 4.52. The molecule has 0 aliphatic carbocycles. The lowest BCUT2D eigenvalue weighted by Gasteiger charge is -2.28. The van der Waals surface area contributed by atoms with E-state index in [1.54, 1.807) is 18.2 Å². The molecule has 36 heavy (non-hydrogen) atoms. The Morgan fingerprint density at radius 2 is 2.00 bits per heavy atom. The van der Waals surface area contributed by atoms with Crippen molar-refractivity contribution in [3.8, 4) is 5.75 Å². The Balaban J connectivity index is 1.26. The Morgan fingerprint density at radius 1 is 1.25 bits per heavy atom. The summed E-state index contributed by atoms with van der Waals surface area (Å²) in [5.74, 6) is 1.35. The zero-order chi connectivity index (χ0) is 25.9. The van der Waals surface area contributed by atoms with E-state index in [0.717, 1.165) is 29.1 Å². The second kappa shape index (κ2) is 11.1. The van der Waals surface area contributed by atoms with Crippen LogP contribution in [0, 0.1) is 0 Å². The van der Waals surface area contributed by atoms with E-state index in [-0.39, 0.29) is 12.0 Å². The number of rotatable bonds is 9. The lowest BCUT2D eigenvalue weighted by Crippen LogP contribution is -2.53. The van der Waals surface area contributed by atoms with E-state index in [4.69, 9.17) is 26.1 Å². The van der Waals surface area contributed by atoms with Crippen molar-refractivity contribution < 1.29 is 19.4 Å². The van der Waals surface area contributed by atoms with Crippen LogP contribution in [0.4, 0.5) is 0 Å². The summed E-state index contributed by atoms with van der Waals surface area (Å²) in [6.45, 7) is 8.95. The fraction of sp³-hybridized carbons (Fsp3) is 0.429. The normalized spacial score (nSPS) is 17.9. The second-order valence-corrected chi connectivity index (χ2v) is 10.3. The van der Waals surface area contributed by atoms with Crippen molar-refractivity contribution in [3.05, 3.63) is 70.4 Å². The molecule has 2 aromatic carbocycles. The number of amidine groups is 1. The van der Waals surface area contributed by atoms with Gasteiger partial charge in [-0.3, -0.25) is 4.79 Å². The van der Waals surface area contributed by atoms with Crippen molar-refractivity contribution in [2.75, 3.05) is 13.2 Å².